The Labute approximate surface area is 125 Å². The van der Waals surface area contributed by atoms with Gasteiger partial charge in [0.15, 0.2) is 0 Å². The van der Waals surface area contributed by atoms with Crippen LogP contribution in [-0.2, 0) is 4.79 Å². The van der Waals surface area contributed by atoms with Gasteiger partial charge in [0.2, 0.25) is 5.91 Å². The average molecular weight is 289 g/mol. The Kier molecular flexibility index (Phi) is 5.20. The predicted octanol–water partition coefficient (Wildman–Crippen LogP) is 1.81. The van der Waals surface area contributed by atoms with Gasteiger partial charge in [0.25, 0.3) is 5.91 Å². The first-order valence-corrected chi connectivity index (χ1v) is 7.42. The lowest BCUT2D eigenvalue weighted by Crippen LogP contribution is -2.39. The number of benzene rings is 1. The number of nitrogens with zero attached hydrogens (tertiary/aromatic N) is 2. The maximum absolute atomic E-state index is 12.2. The van der Waals surface area contributed by atoms with Crippen LogP contribution in [0.2, 0.25) is 0 Å². The Morgan fingerprint density at radius 3 is 2.48 bits per heavy atom. The van der Waals surface area contributed by atoms with Crippen LogP contribution in [0.15, 0.2) is 24.3 Å². The van der Waals surface area contributed by atoms with Gasteiger partial charge in [0.05, 0.1) is 12.1 Å². The van der Waals surface area contributed by atoms with E-state index in [0.717, 1.165) is 25.9 Å². The number of anilines is 1. The van der Waals surface area contributed by atoms with Crippen molar-refractivity contribution in [2.45, 2.75) is 19.3 Å². The van der Waals surface area contributed by atoms with E-state index >= 15 is 0 Å². The van der Waals surface area contributed by atoms with Crippen LogP contribution in [0.1, 0.15) is 29.6 Å². The van der Waals surface area contributed by atoms with Gasteiger partial charge in [-0.15, -0.1) is 0 Å². The third-order valence-electron chi connectivity index (χ3n) is 3.70. The lowest BCUT2D eigenvalue weighted by Gasteiger charge is -2.27. The summed E-state index contributed by atoms with van der Waals surface area (Å²) in [5.41, 5.74) is 1.30. The summed E-state index contributed by atoms with van der Waals surface area (Å²) in [6, 6.07) is 7.30. The highest BCUT2D eigenvalue weighted by atomic mass is 16.2. The number of amides is 2. The number of hydrogen-bond acceptors (Lipinski definition) is 3. The van der Waals surface area contributed by atoms with Gasteiger partial charge < -0.3 is 15.1 Å². The van der Waals surface area contributed by atoms with Crippen molar-refractivity contribution in [2.24, 2.45) is 0 Å². The minimum absolute atomic E-state index is 0.0662. The molecule has 0 spiro atoms. The van der Waals surface area contributed by atoms with E-state index in [0.29, 0.717) is 11.3 Å². The van der Waals surface area contributed by atoms with Crippen molar-refractivity contribution in [1.82, 2.24) is 9.80 Å². The van der Waals surface area contributed by atoms with Crippen LogP contribution in [0.4, 0.5) is 5.69 Å². The van der Waals surface area contributed by atoms with Crippen LogP contribution < -0.4 is 5.32 Å². The molecule has 1 aliphatic rings. The normalized spacial score (nSPS) is 14.7. The molecule has 5 nitrogen and oxygen atoms in total. The summed E-state index contributed by atoms with van der Waals surface area (Å²) in [6.45, 7) is 1.93. The third-order valence-corrected chi connectivity index (χ3v) is 3.70. The molecule has 1 aromatic rings. The lowest BCUT2D eigenvalue weighted by molar-refractivity contribution is -0.130. The van der Waals surface area contributed by atoms with E-state index in [1.165, 1.54) is 11.3 Å². The van der Waals surface area contributed by atoms with E-state index in [1.54, 1.807) is 20.2 Å². The summed E-state index contributed by atoms with van der Waals surface area (Å²) in [6.07, 6.45) is 3.38. The van der Waals surface area contributed by atoms with Crippen LogP contribution >= 0.6 is 0 Å². The van der Waals surface area contributed by atoms with Crippen LogP contribution in [0, 0.1) is 0 Å². The lowest BCUT2D eigenvalue weighted by atomic mass is 10.1. The molecule has 21 heavy (non-hydrogen) atoms. The Hall–Kier alpha value is -2.04. The van der Waals surface area contributed by atoms with E-state index in [4.69, 9.17) is 0 Å². The maximum Gasteiger partial charge on any atom is 0.255 e. The molecule has 0 unspecified atom stereocenters. The molecule has 1 heterocycles. The van der Waals surface area contributed by atoms with Crippen molar-refractivity contribution in [3.05, 3.63) is 29.8 Å². The molecule has 0 radical (unpaired) electrons. The molecule has 0 bridgehead atoms. The van der Waals surface area contributed by atoms with Crippen molar-refractivity contribution < 1.29 is 9.59 Å². The largest absolute Gasteiger partial charge is 0.376 e. The molecule has 0 atom stereocenters. The van der Waals surface area contributed by atoms with Crippen LogP contribution in [0.5, 0.6) is 0 Å². The fourth-order valence-electron chi connectivity index (χ4n) is 2.49. The smallest absolute Gasteiger partial charge is 0.255 e. The summed E-state index contributed by atoms with van der Waals surface area (Å²) < 4.78 is 0. The predicted molar refractivity (Wildman–Crippen MR) is 83.4 cm³/mol. The summed E-state index contributed by atoms with van der Waals surface area (Å²) in [5.74, 6) is 0.0327. The molecule has 1 aromatic carbocycles. The monoisotopic (exact) mass is 289 g/mol. The molecule has 1 aliphatic heterocycles. The Morgan fingerprint density at radius 2 is 1.81 bits per heavy atom. The highest BCUT2D eigenvalue weighted by Crippen LogP contribution is 2.16. The summed E-state index contributed by atoms with van der Waals surface area (Å²) in [7, 11) is 3.44. The van der Waals surface area contributed by atoms with Gasteiger partial charge in [-0.1, -0.05) is 12.1 Å². The van der Waals surface area contributed by atoms with Crippen molar-refractivity contribution in [3.63, 3.8) is 0 Å². The van der Waals surface area contributed by atoms with Crippen molar-refractivity contribution in [2.75, 3.05) is 39.0 Å². The minimum Gasteiger partial charge on any atom is -0.376 e. The number of nitrogens with one attached hydrogen (secondary N) is 1. The summed E-state index contributed by atoms with van der Waals surface area (Å²) >= 11 is 0. The maximum atomic E-state index is 12.2. The number of piperidine rings is 1. The van der Waals surface area contributed by atoms with E-state index in [1.807, 2.05) is 23.1 Å². The van der Waals surface area contributed by atoms with Gasteiger partial charge in [-0.2, -0.15) is 0 Å². The fourth-order valence-corrected chi connectivity index (χ4v) is 2.49. The molecule has 1 N–H and O–H groups in total. The first-order chi connectivity index (χ1) is 10.1. The molecule has 2 rings (SSSR count). The van der Waals surface area contributed by atoms with E-state index in [2.05, 4.69) is 5.32 Å². The average Bonchev–Trinajstić information content (AvgIpc) is 2.53. The molecule has 5 heteroatoms. The fraction of sp³-hybridized carbons (Fsp3) is 0.500. The number of likely N-dealkylation sites (tertiary alicyclic amines) is 1. The topological polar surface area (TPSA) is 52.7 Å². The summed E-state index contributed by atoms with van der Waals surface area (Å²) in [5, 5.41) is 3.11. The Morgan fingerprint density at radius 1 is 1.14 bits per heavy atom. The van der Waals surface area contributed by atoms with Crippen molar-refractivity contribution >= 4 is 17.5 Å². The number of carbonyl (C=O) groups is 2. The first-order valence-electron chi connectivity index (χ1n) is 7.42. The van der Waals surface area contributed by atoms with Gasteiger partial charge in [-0.3, -0.25) is 9.59 Å². The summed E-state index contributed by atoms with van der Waals surface area (Å²) in [4.78, 5) is 27.7. The zero-order valence-electron chi connectivity index (χ0n) is 12.8. The van der Waals surface area contributed by atoms with Gasteiger partial charge in [0, 0.05) is 32.9 Å². The van der Waals surface area contributed by atoms with Gasteiger partial charge in [0.1, 0.15) is 0 Å². The third kappa shape index (κ3) is 3.97. The van der Waals surface area contributed by atoms with Gasteiger partial charge in [-0.05, 0) is 31.4 Å². The second-order valence-electron chi connectivity index (χ2n) is 5.54. The quantitative estimate of drug-likeness (QED) is 0.920. The zero-order chi connectivity index (χ0) is 15.2. The van der Waals surface area contributed by atoms with E-state index < -0.39 is 0 Å². The highest BCUT2D eigenvalue weighted by Gasteiger charge is 2.17. The second-order valence-corrected chi connectivity index (χ2v) is 5.54. The molecule has 0 saturated carbocycles. The Balaban J connectivity index is 1.99. The van der Waals surface area contributed by atoms with Crippen molar-refractivity contribution in [3.8, 4) is 0 Å². The number of hydrogen-bond donors (Lipinski definition) is 1. The van der Waals surface area contributed by atoms with E-state index in [9.17, 15) is 9.59 Å². The molecule has 0 aromatic heterocycles. The first kappa shape index (κ1) is 15.4. The van der Waals surface area contributed by atoms with Crippen molar-refractivity contribution in [1.29, 1.82) is 0 Å². The highest BCUT2D eigenvalue weighted by molar-refractivity contribution is 5.99. The molecule has 1 saturated heterocycles. The van der Waals surface area contributed by atoms with Crippen LogP contribution in [-0.4, -0.2) is 55.3 Å². The number of carbonyl (C=O) groups excluding carboxylic acids is 2. The molecular weight excluding hydrogens is 266 g/mol. The molecule has 2 amide bonds. The van der Waals surface area contributed by atoms with Crippen LogP contribution in [0.3, 0.4) is 0 Å². The number of rotatable bonds is 4. The Bertz CT molecular complexity index is 508. The molecule has 1 fully saturated rings. The molecule has 114 valence electrons. The van der Waals surface area contributed by atoms with E-state index in [-0.39, 0.29) is 18.4 Å². The second kappa shape index (κ2) is 7.11. The minimum atomic E-state index is -0.0662. The standard InChI is InChI=1S/C16H23N3O2/c1-18(2)16(21)13-8-4-5-9-14(13)17-12-15(20)19-10-6-3-7-11-19/h4-5,8-9,17H,3,6-7,10-12H2,1-2H3. The molecular formula is C16H23N3O2. The van der Waals surface area contributed by atoms with Gasteiger partial charge >= 0.3 is 0 Å². The van der Waals surface area contributed by atoms with Crippen LogP contribution in [0.25, 0.3) is 0 Å². The number of para-hydroxylation sites is 1. The zero-order valence-corrected chi connectivity index (χ0v) is 12.8. The SMILES string of the molecule is CN(C)C(=O)c1ccccc1NCC(=O)N1CCCCC1. The molecule has 0 aliphatic carbocycles. The van der Waals surface area contributed by atoms with Gasteiger partial charge in [-0.25, -0.2) is 0 Å².